The maximum Gasteiger partial charge on any atom is 0.180 e. The van der Waals surface area contributed by atoms with Gasteiger partial charge in [-0.3, -0.25) is 0 Å². The Morgan fingerprint density at radius 2 is 2.12 bits per heavy atom. The molecular weight excluding hydrogens is 236 g/mol. The molecule has 2 rings (SSSR count). The second-order valence-electron chi connectivity index (χ2n) is 3.53. The molecule has 0 spiro atoms. The van der Waals surface area contributed by atoms with E-state index in [9.17, 15) is 0 Å². The summed E-state index contributed by atoms with van der Waals surface area (Å²) in [5, 5.41) is 2.54. The molecular formula is C12H14N2O2S. The Morgan fingerprint density at radius 1 is 1.29 bits per heavy atom. The molecule has 0 amide bonds. The third kappa shape index (κ3) is 2.68. The van der Waals surface area contributed by atoms with Gasteiger partial charge in [0.2, 0.25) is 0 Å². The standard InChI is InChI=1S/C12H14N2O2S/c1-15-10-3-4-11(16-2)8(6-10)5-9-7-17-12(13)14-9/h3-4,6-7H,5H2,1-2H3,(H2,13,14). The average molecular weight is 250 g/mol. The van der Waals surface area contributed by atoms with Crippen LogP contribution >= 0.6 is 11.3 Å². The Kier molecular flexibility index (Phi) is 3.49. The molecule has 2 N–H and O–H groups in total. The maximum atomic E-state index is 5.61. The number of ether oxygens (including phenoxy) is 2. The normalized spacial score (nSPS) is 10.2. The van der Waals surface area contributed by atoms with Crippen LogP contribution in [0.15, 0.2) is 23.6 Å². The SMILES string of the molecule is COc1ccc(OC)c(Cc2csc(N)n2)c1. The van der Waals surface area contributed by atoms with Gasteiger partial charge in [-0.15, -0.1) is 11.3 Å². The largest absolute Gasteiger partial charge is 0.497 e. The highest BCUT2D eigenvalue weighted by atomic mass is 32.1. The van der Waals surface area contributed by atoms with Crippen molar-refractivity contribution in [2.45, 2.75) is 6.42 Å². The van der Waals surface area contributed by atoms with E-state index >= 15 is 0 Å². The first-order valence-electron chi connectivity index (χ1n) is 5.13. The van der Waals surface area contributed by atoms with Gasteiger partial charge >= 0.3 is 0 Å². The Morgan fingerprint density at radius 3 is 2.71 bits per heavy atom. The van der Waals surface area contributed by atoms with E-state index in [-0.39, 0.29) is 0 Å². The van der Waals surface area contributed by atoms with Crippen LogP contribution in [-0.2, 0) is 6.42 Å². The first-order valence-corrected chi connectivity index (χ1v) is 6.01. The summed E-state index contributed by atoms with van der Waals surface area (Å²) in [5.74, 6) is 1.64. The summed E-state index contributed by atoms with van der Waals surface area (Å²) in [6, 6.07) is 5.72. The summed E-state index contributed by atoms with van der Waals surface area (Å²) in [7, 11) is 3.30. The molecule has 0 aliphatic heterocycles. The first-order chi connectivity index (χ1) is 8.22. The van der Waals surface area contributed by atoms with Crippen LogP contribution in [-0.4, -0.2) is 19.2 Å². The second kappa shape index (κ2) is 5.05. The van der Waals surface area contributed by atoms with E-state index in [2.05, 4.69) is 4.98 Å². The van der Waals surface area contributed by atoms with Gasteiger partial charge in [0.15, 0.2) is 5.13 Å². The predicted octanol–water partition coefficient (Wildman–Crippen LogP) is 2.33. The number of methoxy groups -OCH3 is 2. The summed E-state index contributed by atoms with van der Waals surface area (Å²) in [5.41, 5.74) is 7.59. The lowest BCUT2D eigenvalue weighted by Crippen LogP contribution is -1.96. The van der Waals surface area contributed by atoms with Crippen molar-refractivity contribution >= 4 is 16.5 Å². The van der Waals surface area contributed by atoms with Crippen molar-refractivity contribution in [2.24, 2.45) is 0 Å². The smallest absolute Gasteiger partial charge is 0.180 e. The van der Waals surface area contributed by atoms with Crippen molar-refractivity contribution in [1.82, 2.24) is 4.98 Å². The van der Waals surface area contributed by atoms with Gasteiger partial charge in [0.25, 0.3) is 0 Å². The highest BCUT2D eigenvalue weighted by molar-refractivity contribution is 7.13. The molecule has 90 valence electrons. The molecule has 1 heterocycles. The second-order valence-corrected chi connectivity index (χ2v) is 4.42. The fraction of sp³-hybridized carbons (Fsp3) is 0.250. The van der Waals surface area contributed by atoms with E-state index in [0.29, 0.717) is 11.6 Å². The molecule has 0 fully saturated rings. The molecule has 4 nitrogen and oxygen atoms in total. The maximum absolute atomic E-state index is 5.61. The molecule has 0 saturated carbocycles. The number of thiazole rings is 1. The Hall–Kier alpha value is -1.75. The molecule has 2 aromatic rings. The van der Waals surface area contributed by atoms with Gasteiger partial charge in [0.1, 0.15) is 11.5 Å². The number of nitrogens with zero attached hydrogens (tertiary/aromatic N) is 1. The van der Waals surface area contributed by atoms with Gasteiger partial charge in [0, 0.05) is 17.4 Å². The molecule has 17 heavy (non-hydrogen) atoms. The molecule has 1 aromatic heterocycles. The van der Waals surface area contributed by atoms with Crippen molar-refractivity contribution in [3.05, 3.63) is 34.8 Å². The van der Waals surface area contributed by atoms with Crippen molar-refractivity contribution in [2.75, 3.05) is 20.0 Å². The van der Waals surface area contributed by atoms with Crippen molar-refractivity contribution in [3.63, 3.8) is 0 Å². The minimum absolute atomic E-state index is 0.585. The Bertz CT molecular complexity index is 511. The quantitative estimate of drug-likeness (QED) is 0.904. The molecule has 0 saturated heterocycles. The molecule has 0 bridgehead atoms. The molecule has 1 aromatic carbocycles. The fourth-order valence-electron chi connectivity index (χ4n) is 1.62. The average Bonchev–Trinajstić information content (AvgIpc) is 2.74. The monoisotopic (exact) mass is 250 g/mol. The van der Waals surface area contributed by atoms with Crippen molar-refractivity contribution < 1.29 is 9.47 Å². The number of hydrogen-bond donors (Lipinski definition) is 1. The first kappa shape index (κ1) is 11.7. The van der Waals surface area contributed by atoms with Crippen LogP contribution in [0.25, 0.3) is 0 Å². The third-order valence-electron chi connectivity index (χ3n) is 2.43. The molecule has 0 atom stereocenters. The summed E-state index contributed by atoms with van der Waals surface area (Å²) in [4.78, 5) is 4.24. The summed E-state index contributed by atoms with van der Waals surface area (Å²) < 4.78 is 10.5. The zero-order chi connectivity index (χ0) is 12.3. The molecule has 0 aliphatic carbocycles. The minimum Gasteiger partial charge on any atom is -0.497 e. The van der Waals surface area contributed by atoms with Crippen LogP contribution in [0.2, 0.25) is 0 Å². The lowest BCUT2D eigenvalue weighted by atomic mass is 10.1. The zero-order valence-electron chi connectivity index (χ0n) is 9.77. The molecule has 0 radical (unpaired) electrons. The summed E-state index contributed by atoms with van der Waals surface area (Å²) >= 11 is 1.44. The van der Waals surface area contributed by atoms with Gasteiger partial charge in [-0.1, -0.05) is 0 Å². The lowest BCUT2D eigenvalue weighted by Gasteiger charge is -2.09. The minimum atomic E-state index is 0.585. The number of anilines is 1. The van der Waals surface area contributed by atoms with Crippen LogP contribution < -0.4 is 15.2 Å². The lowest BCUT2D eigenvalue weighted by molar-refractivity contribution is 0.399. The van der Waals surface area contributed by atoms with Gasteiger partial charge in [-0.25, -0.2) is 4.98 Å². The predicted molar refractivity (Wildman–Crippen MR) is 68.9 cm³/mol. The van der Waals surface area contributed by atoms with Gasteiger partial charge in [0.05, 0.1) is 19.9 Å². The number of rotatable bonds is 4. The van der Waals surface area contributed by atoms with Crippen LogP contribution in [0, 0.1) is 0 Å². The van der Waals surface area contributed by atoms with Gasteiger partial charge < -0.3 is 15.2 Å². The summed E-state index contributed by atoms with van der Waals surface area (Å²) in [6.45, 7) is 0. The molecule has 0 unspecified atom stereocenters. The molecule has 0 aliphatic rings. The number of nitrogens with two attached hydrogens (primary N) is 1. The highest BCUT2D eigenvalue weighted by Gasteiger charge is 2.08. The Balaban J connectivity index is 2.29. The van der Waals surface area contributed by atoms with Gasteiger partial charge in [-0.05, 0) is 18.2 Å². The number of benzene rings is 1. The van der Waals surface area contributed by atoms with E-state index in [1.165, 1.54) is 11.3 Å². The highest BCUT2D eigenvalue weighted by Crippen LogP contribution is 2.26. The Labute approximate surface area is 104 Å². The van der Waals surface area contributed by atoms with E-state index in [0.717, 1.165) is 22.8 Å². The fourth-order valence-corrected chi connectivity index (χ4v) is 2.18. The van der Waals surface area contributed by atoms with Crippen molar-refractivity contribution in [3.8, 4) is 11.5 Å². The number of hydrogen-bond acceptors (Lipinski definition) is 5. The van der Waals surface area contributed by atoms with Crippen LogP contribution in [0.1, 0.15) is 11.3 Å². The van der Waals surface area contributed by atoms with E-state index in [1.54, 1.807) is 14.2 Å². The number of aromatic nitrogens is 1. The van der Waals surface area contributed by atoms with E-state index in [1.807, 2.05) is 23.6 Å². The van der Waals surface area contributed by atoms with Crippen molar-refractivity contribution in [1.29, 1.82) is 0 Å². The van der Waals surface area contributed by atoms with E-state index < -0.39 is 0 Å². The topological polar surface area (TPSA) is 57.4 Å². The van der Waals surface area contributed by atoms with Crippen LogP contribution in [0.5, 0.6) is 11.5 Å². The van der Waals surface area contributed by atoms with Gasteiger partial charge in [-0.2, -0.15) is 0 Å². The summed E-state index contributed by atoms with van der Waals surface area (Å²) in [6.07, 6.45) is 0.689. The van der Waals surface area contributed by atoms with E-state index in [4.69, 9.17) is 15.2 Å². The third-order valence-corrected chi connectivity index (χ3v) is 3.15. The van der Waals surface area contributed by atoms with Crippen LogP contribution in [0.4, 0.5) is 5.13 Å². The molecule has 5 heteroatoms. The van der Waals surface area contributed by atoms with Crippen LogP contribution in [0.3, 0.4) is 0 Å². The number of nitrogen functional groups attached to an aromatic ring is 1. The zero-order valence-corrected chi connectivity index (χ0v) is 10.6.